The van der Waals surface area contributed by atoms with Crippen molar-refractivity contribution in [2.45, 2.75) is 19.8 Å². The first-order chi connectivity index (χ1) is 14.3. The second kappa shape index (κ2) is 7.90. The third kappa shape index (κ3) is 4.67. The summed E-state index contributed by atoms with van der Waals surface area (Å²) in [5.41, 5.74) is 2.89. The van der Waals surface area contributed by atoms with E-state index in [-0.39, 0.29) is 17.5 Å². The summed E-state index contributed by atoms with van der Waals surface area (Å²) in [6.45, 7) is 2.44. The molecule has 11 heteroatoms. The molecule has 0 atom stereocenters. The van der Waals surface area contributed by atoms with Gasteiger partial charge in [0.05, 0.1) is 6.54 Å². The van der Waals surface area contributed by atoms with Crippen molar-refractivity contribution in [2.24, 2.45) is 0 Å². The first kappa shape index (κ1) is 20.1. The van der Waals surface area contributed by atoms with E-state index in [1.54, 1.807) is 10.9 Å². The van der Waals surface area contributed by atoms with Gasteiger partial charge in [-0.1, -0.05) is 5.16 Å². The number of halogens is 4. The van der Waals surface area contributed by atoms with Crippen LogP contribution in [0.3, 0.4) is 0 Å². The van der Waals surface area contributed by atoms with E-state index in [2.05, 4.69) is 40.9 Å². The summed E-state index contributed by atoms with van der Waals surface area (Å²) in [6, 6.07) is 10.8. The summed E-state index contributed by atoms with van der Waals surface area (Å²) in [5, 5.41) is 8.39. The van der Waals surface area contributed by atoms with Crippen LogP contribution in [0.1, 0.15) is 11.3 Å². The molecule has 0 saturated heterocycles. The minimum absolute atomic E-state index is 0.207. The molecule has 0 saturated carbocycles. The molecule has 30 heavy (non-hydrogen) atoms. The predicted molar refractivity (Wildman–Crippen MR) is 103 cm³/mol. The van der Waals surface area contributed by atoms with E-state index in [0.717, 1.165) is 15.9 Å². The van der Waals surface area contributed by atoms with E-state index < -0.39 is 6.36 Å². The van der Waals surface area contributed by atoms with Gasteiger partial charge in [-0.25, -0.2) is 4.98 Å². The van der Waals surface area contributed by atoms with E-state index in [4.69, 9.17) is 4.52 Å². The van der Waals surface area contributed by atoms with Crippen molar-refractivity contribution in [3.63, 3.8) is 0 Å². The van der Waals surface area contributed by atoms with Crippen LogP contribution in [0.15, 0.2) is 57.8 Å². The van der Waals surface area contributed by atoms with Crippen LogP contribution in [0.5, 0.6) is 5.75 Å². The second-order valence-corrected chi connectivity index (χ2v) is 7.12. The molecule has 1 aromatic carbocycles. The molecule has 0 unspecified atom stereocenters. The van der Waals surface area contributed by atoms with Crippen molar-refractivity contribution in [3.8, 4) is 28.7 Å². The number of rotatable bonds is 5. The van der Waals surface area contributed by atoms with Crippen molar-refractivity contribution in [2.75, 3.05) is 0 Å². The highest BCUT2D eigenvalue weighted by atomic mass is 79.9. The summed E-state index contributed by atoms with van der Waals surface area (Å²) >= 11 is 3.34. The predicted octanol–water partition coefficient (Wildman–Crippen LogP) is 5.01. The molecular weight excluding hydrogens is 467 g/mol. The van der Waals surface area contributed by atoms with E-state index in [9.17, 15) is 13.2 Å². The first-order valence-corrected chi connectivity index (χ1v) is 9.41. The van der Waals surface area contributed by atoms with Crippen LogP contribution in [-0.2, 0) is 6.54 Å². The third-order valence-corrected chi connectivity index (χ3v) is 4.53. The number of alkyl halides is 3. The highest BCUT2D eigenvalue weighted by Gasteiger charge is 2.31. The summed E-state index contributed by atoms with van der Waals surface area (Å²) < 4.78 is 48.5. The Hall–Kier alpha value is -3.21. The minimum atomic E-state index is -4.75. The molecule has 0 aliphatic carbocycles. The molecule has 7 nitrogen and oxygen atoms in total. The van der Waals surface area contributed by atoms with E-state index in [1.165, 1.54) is 24.3 Å². The molecule has 0 aliphatic heterocycles. The molecule has 3 heterocycles. The lowest BCUT2D eigenvalue weighted by Crippen LogP contribution is -2.16. The monoisotopic (exact) mass is 479 g/mol. The topological polar surface area (TPSA) is 78.9 Å². The summed E-state index contributed by atoms with van der Waals surface area (Å²) in [6.07, 6.45) is -3.04. The Bertz CT molecular complexity index is 1170. The van der Waals surface area contributed by atoms with Crippen LogP contribution < -0.4 is 4.74 Å². The average Bonchev–Trinajstić information content (AvgIpc) is 3.29. The summed E-state index contributed by atoms with van der Waals surface area (Å²) in [7, 11) is 0. The first-order valence-electron chi connectivity index (χ1n) is 8.62. The molecule has 154 valence electrons. The Morgan fingerprint density at radius 3 is 2.60 bits per heavy atom. The highest BCUT2D eigenvalue weighted by Crippen LogP contribution is 2.27. The maximum Gasteiger partial charge on any atom is 0.573 e. The Morgan fingerprint density at radius 2 is 1.90 bits per heavy atom. The zero-order chi connectivity index (χ0) is 21.3. The van der Waals surface area contributed by atoms with Gasteiger partial charge < -0.3 is 9.26 Å². The second-order valence-electron chi connectivity index (χ2n) is 6.31. The number of pyridine rings is 1. The van der Waals surface area contributed by atoms with E-state index >= 15 is 0 Å². The standard InChI is InChI=1S/C19H13BrF3N5O2/c1-11-8-15(26-28(11)10-12-6-7-24-16(20)9-12)18-25-17(27-30-18)13-2-4-14(5-3-13)29-19(21,22)23/h2-9H,10H2,1H3. The van der Waals surface area contributed by atoms with Crippen LogP contribution in [-0.4, -0.2) is 31.3 Å². The zero-order valence-electron chi connectivity index (χ0n) is 15.4. The minimum Gasteiger partial charge on any atom is -0.406 e. The molecule has 3 aromatic heterocycles. The molecule has 0 amide bonds. The number of hydrogen-bond acceptors (Lipinski definition) is 6. The van der Waals surface area contributed by atoms with Crippen molar-refractivity contribution in [1.29, 1.82) is 0 Å². The molecule has 4 aromatic rings. The van der Waals surface area contributed by atoms with Gasteiger partial charge in [0.15, 0.2) is 5.69 Å². The smallest absolute Gasteiger partial charge is 0.406 e. The number of benzene rings is 1. The van der Waals surface area contributed by atoms with Gasteiger partial charge in [0.1, 0.15) is 10.4 Å². The number of nitrogens with zero attached hydrogens (tertiary/aromatic N) is 5. The van der Waals surface area contributed by atoms with Gasteiger partial charge in [-0.2, -0.15) is 10.1 Å². The number of hydrogen-bond donors (Lipinski definition) is 0. The van der Waals surface area contributed by atoms with Gasteiger partial charge in [-0.05, 0) is 70.9 Å². The van der Waals surface area contributed by atoms with Crippen LogP contribution in [0.25, 0.3) is 23.0 Å². The normalized spacial score (nSPS) is 11.6. The van der Waals surface area contributed by atoms with Crippen molar-refractivity contribution < 1.29 is 22.4 Å². The maximum atomic E-state index is 12.3. The summed E-state index contributed by atoms with van der Waals surface area (Å²) in [5.74, 6) is 0.110. The number of aromatic nitrogens is 5. The zero-order valence-corrected chi connectivity index (χ0v) is 17.0. The van der Waals surface area contributed by atoms with Crippen molar-refractivity contribution in [1.82, 2.24) is 24.9 Å². The molecular formula is C19H13BrF3N5O2. The molecule has 0 aliphatic rings. The molecule has 0 bridgehead atoms. The van der Waals surface area contributed by atoms with E-state index in [0.29, 0.717) is 17.8 Å². The summed E-state index contributed by atoms with van der Waals surface area (Å²) in [4.78, 5) is 8.40. The Labute approximate surface area is 176 Å². The maximum absolute atomic E-state index is 12.3. The van der Waals surface area contributed by atoms with Gasteiger partial charge >= 0.3 is 6.36 Å². The Kier molecular flexibility index (Phi) is 5.29. The molecule has 0 N–H and O–H groups in total. The van der Waals surface area contributed by atoms with Gasteiger partial charge in [0.25, 0.3) is 5.89 Å². The molecule has 0 spiro atoms. The van der Waals surface area contributed by atoms with Gasteiger partial charge in [-0.3, -0.25) is 4.68 Å². The number of aryl methyl sites for hydroxylation is 1. The number of ether oxygens (including phenoxy) is 1. The van der Waals surface area contributed by atoms with Crippen LogP contribution in [0.2, 0.25) is 0 Å². The fourth-order valence-corrected chi connectivity index (χ4v) is 3.15. The van der Waals surface area contributed by atoms with Crippen LogP contribution in [0.4, 0.5) is 13.2 Å². The van der Waals surface area contributed by atoms with Crippen LogP contribution >= 0.6 is 15.9 Å². The molecule has 4 rings (SSSR count). The third-order valence-electron chi connectivity index (χ3n) is 4.10. The van der Waals surface area contributed by atoms with E-state index in [1.807, 2.05) is 25.1 Å². The van der Waals surface area contributed by atoms with Crippen molar-refractivity contribution in [3.05, 3.63) is 64.5 Å². The Morgan fingerprint density at radius 1 is 1.13 bits per heavy atom. The molecule has 0 fully saturated rings. The Balaban J connectivity index is 1.53. The van der Waals surface area contributed by atoms with Gasteiger partial charge in [0.2, 0.25) is 5.82 Å². The fraction of sp³-hybridized carbons (Fsp3) is 0.158. The van der Waals surface area contributed by atoms with Gasteiger partial charge in [-0.15, -0.1) is 13.2 Å². The lowest BCUT2D eigenvalue weighted by molar-refractivity contribution is -0.274. The fourth-order valence-electron chi connectivity index (χ4n) is 2.74. The van der Waals surface area contributed by atoms with Crippen LogP contribution in [0, 0.1) is 6.92 Å². The largest absolute Gasteiger partial charge is 0.573 e. The SMILES string of the molecule is Cc1cc(-c2nc(-c3ccc(OC(F)(F)F)cc3)no2)nn1Cc1ccnc(Br)c1. The highest BCUT2D eigenvalue weighted by molar-refractivity contribution is 9.10. The molecule has 0 radical (unpaired) electrons. The average molecular weight is 480 g/mol. The quantitative estimate of drug-likeness (QED) is 0.374. The lowest BCUT2D eigenvalue weighted by atomic mass is 10.2. The lowest BCUT2D eigenvalue weighted by Gasteiger charge is -2.08. The van der Waals surface area contributed by atoms with Gasteiger partial charge in [0, 0.05) is 17.5 Å². The van der Waals surface area contributed by atoms with Crippen molar-refractivity contribution >= 4 is 15.9 Å².